The molecule has 0 spiro atoms. The van der Waals surface area contributed by atoms with Crippen LogP contribution in [-0.2, 0) is 14.3 Å². The first kappa shape index (κ1) is 13.4. The van der Waals surface area contributed by atoms with Gasteiger partial charge in [-0.1, -0.05) is 0 Å². The van der Waals surface area contributed by atoms with Crippen LogP contribution >= 0.6 is 0 Å². The highest BCUT2D eigenvalue weighted by molar-refractivity contribution is 5.79. The quantitative estimate of drug-likeness (QED) is 0.603. The van der Waals surface area contributed by atoms with E-state index in [0.29, 0.717) is 6.61 Å². The molecule has 6 heteroatoms. The average molecular weight is 214 g/mol. The molecular weight excluding hydrogens is 201 g/mol. The molecule has 0 radical (unpaired) electrons. The molecule has 0 aromatic rings. The van der Waals surface area contributed by atoms with Crippen molar-refractivity contribution in [1.29, 1.82) is 0 Å². The minimum Gasteiger partial charge on any atom is -0.382 e. The Labute approximate surface area is 80.2 Å². The summed E-state index contributed by atoms with van der Waals surface area (Å²) in [5, 5.41) is 0. The summed E-state index contributed by atoms with van der Waals surface area (Å²) in [6.45, 7) is 0.264. The van der Waals surface area contributed by atoms with Gasteiger partial charge in [0.15, 0.2) is 5.78 Å². The van der Waals surface area contributed by atoms with Crippen LogP contribution < -0.4 is 0 Å². The lowest BCUT2D eigenvalue weighted by Crippen LogP contribution is -2.15. The minimum atomic E-state index is -4.28. The molecule has 0 bridgehead atoms. The zero-order valence-corrected chi connectivity index (χ0v) is 7.89. The van der Waals surface area contributed by atoms with E-state index in [1.54, 1.807) is 0 Å². The van der Waals surface area contributed by atoms with Gasteiger partial charge in [-0.2, -0.15) is 13.2 Å². The van der Waals surface area contributed by atoms with Crippen molar-refractivity contribution in [2.75, 3.05) is 26.9 Å². The van der Waals surface area contributed by atoms with E-state index in [9.17, 15) is 18.0 Å². The van der Waals surface area contributed by atoms with E-state index in [-0.39, 0.29) is 13.2 Å². The van der Waals surface area contributed by atoms with Crippen LogP contribution in [0.4, 0.5) is 13.2 Å². The maximum absolute atomic E-state index is 11.6. The van der Waals surface area contributed by atoms with E-state index in [2.05, 4.69) is 4.74 Å². The van der Waals surface area contributed by atoms with E-state index in [0.717, 1.165) is 0 Å². The van der Waals surface area contributed by atoms with Gasteiger partial charge in [-0.3, -0.25) is 4.79 Å². The Hall–Kier alpha value is -0.620. The second-order valence-electron chi connectivity index (χ2n) is 2.70. The van der Waals surface area contributed by atoms with Crippen LogP contribution in [0.15, 0.2) is 0 Å². The molecule has 0 saturated carbocycles. The number of ether oxygens (including phenoxy) is 2. The Bertz CT molecular complexity index is 168. The second-order valence-corrected chi connectivity index (χ2v) is 2.70. The Kier molecular flexibility index (Phi) is 6.48. The van der Waals surface area contributed by atoms with Gasteiger partial charge < -0.3 is 9.47 Å². The third kappa shape index (κ3) is 9.47. The number of carbonyl (C=O) groups is 1. The maximum atomic E-state index is 11.6. The number of halogens is 3. The molecule has 0 aromatic heterocycles. The van der Waals surface area contributed by atoms with Crippen molar-refractivity contribution in [2.24, 2.45) is 0 Å². The smallest absolute Gasteiger partial charge is 0.382 e. The molecule has 0 heterocycles. The van der Waals surface area contributed by atoms with Gasteiger partial charge in [-0.25, -0.2) is 0 Å². The number of alkyl halides is 3. The van der Waals surface area contributed by atoms with Crippen LogP contribution in [0.25, 0.3) is 0 Å². The summed E-state index contributed by atoms with van der Waals surface area (Å²) >= 11 is 0. The highest BCUT2D eigenvalue weighted by Crippen LogP contribution is 2.21. The molecule has 0 rings (SSSR count). The normalized spacial score (nSPS) is 11.7. The Morgan fingerprint density at radius 2 is 1.93 bits per heavy atom. The van der Waals surface area contributed by atoms with Gasteiger partial charge in [0.1, 0.15) is 6.61 Å². The molecule has 0 fully saturated rings. The lowest BCUT2D eigenvalue weighted by Gasteiger charge is -2.05. The Balaban J connectivity index is 3.38. The van der Waals surface area contributed by atoms with Gasteiger partial charge in [0.05, 0.1) is 19.6 Å². The number of Topliss-reactive ketones (excluding diaryl/α,β-unsaturated/α-hetero) is 1. The monoisotopic (exact) mass is 214 g/mol. The molecule has 0 saturated heterocycles. The number of hydrogen-bond acceptors (Lipinski definition) is 3. The zero-order valence-electron chi connectivity index (χ0n) is 7.89. The van der Waals surface area contributed by atoms with Crippen molar-refractivity contribution in [3.05, 3.63) is 0 Å². The molecule has 3 nitrogen and oxygen atoms in total. The van der Waals surface area contributed by atoms with E-state index >= 15 is 0 Å². The van der Waals surface area contributed by atoms with E-state index in [1.807, 2.05) is 0 Å². The van der Waals surface area contributed by atoms with Crippen molar-refractivity contribution in [3.8, 4) is 0 Å². The summed E-state index contributed by atoms with van der Waals surface area (Å²) in [5.74, 6) is -0.543. The first-order chi connectivity index (χ1) is 6.45. The molecule has 0 N–H and O–H groups in total. The Morgan fingerprint density at radius 1 is 1.29 bits per heavy atom. The zero-order chi connectivity index (χ0) is 11.0. The highest BCUT2D eigenvalue weighted by atomic mass is 19.4. The van der Waals surface area contributed by atoms with E-state index in [4.69, 9.17) is 4.74 Å². The fourth-order valence-corrected chi connectivity index (χ4v) is 0.682. The third-order valence-corrected chi connectivity index (χ3v) is 1.38. The molecule has 0 aliphatic carbocycles. The molecule has 0 aliphatic rings. The Morgan fingerprint density at radius 3 is 2.43 bits per heavy atom. The summed E-state index contributed by atoms with van der Waals surface area (Å²) in [6.07, 6.45) is -5.88. The fourth-order valence-electron chi connectivity index (χ4n) is 0.682. The van der Waals surface area contributed by atoms with Gasteiger partial charge >= 0.3 is 6.18 Å². The van der Waals surface area contributed by atoms with Crippen molar-refractivity contribution in [1.82, 2.24) is 0 Å². The maximum Gasteiger partial charge on any atom is 0.389 e. The first-order valence-corrected chi connectivity index (χ1v) is 4.11. The molecule has 0 unspecified atom stereocenters. The highest BCUT2D eigenvalue weighted by Gasteiger charge is 2.27. The van der Waals surface area contributed by atoms with Crippen LogP contribution in [0.5, 0.6) is 0 Å². The van der Waals surface area contributed by atoms with E-state index in [1.165, 1.54) is 7.11 Å². The summed E-state index contributed by atoms with van der Waals surface area (Å²) in [6, 6.07) is 0. The second kappa shape index (κ2) is 6.78. The van der Waals surface area contributed by atoms with Gasteiger partial charge in [0.25, 0.3) is 0 Å². The molecule has 0 aliphatic heterocycles. The number of hydrogen-bond donors (Lipinski definition) is 0. The summed E-state index contributed by atoms with van der Waals surface area (Å²) in [5.41, 5.74) is 0. The van der Waals surface area contributed by atoms with Crippen molar-refractivity contribution >= 4 is 5.78 Å². The number of rotatable bonds is 7. The van der Waals surface area contributed by atoms with Crippen molar-refractivity contribution in [3.63, 3.8) is 0 Å². The van der Waals surface area contributed by atoms with E-state index < -0.39 is 24.8 Å². The van der Waals surface area contributed by atoms with Crippen LogP contribution in [0.3, 0.4) is 0 Å². The fraction of sp³-hybridized carbons (Fsp3) is 0.875. The minimum absolute atomic E-state index is 0.217. The van der Waals surface area contributed by atoms with Gasteiger partial charge in [0.2, 0.25) is 0 Å². The standard InChI is InChI=1S/C8H13F3O3/c1-13-4-5-14-6-7(12)2-3-8(9,10)11/h2-6H2,1H3. The van der Waals surface area contributed by atoms with Crippen LogP contribution in [0, 0.1) is 0 Å². The summed E-state index contributed by atoms with van der Waals surface area (Å²) in [7, 11) is 1.47. The van der Waals surface area contributed by atoms with Gasteiger partial charge in [0, 0.05) is 13.5 Å². The predicted octanol–water partition coefficient (Wildman–Crippen LogP) is 1.56. The largest absolute Gasteiger partial charge is 0.389 e. The van der Waals surface area contributed by atoms with Crippen LogP contribution in [0.2, 0.25) is 0 Å². The summed E-state index contributed by atoms with van der Waals surface area (Å²) in [4.78, 5) is 10.8. The molecular formula is C8H13F3O3. The number of carbonyl (C=O) groups excluding carboxylic acids is 1. The van der Waals surface area contributed by atoms with Gasteiger partial charge in [-0.05, 0) is 0 Å². The lowest BCUT2D eigenvalue weighted by atomic mass is 10.2. The van der Waals surface area contributed by atoms with Gasteiger partial charge in [-0.15, -0.1) is 0 Å². The van der Waals surface area contributed by atoms with Crippen LogP contribution in [-0.4, -0.2) is 38.9 Å². The third-order valence-electron chi connectivity index (χ3n) is 1.38. The summed E-state index contributed by atoms with van der Waals surface area (Å²) < 4.78 is 44.3. The SMILES string of the molecule is COCCOCC(=O)CCC(F)(F)F. The molecule has 0 aromatic carbocycles. The first-order valence-electron chi connectivity index (χ1n) is 4.11. The topological polar surface area (TPSA) is 35.5 Å². The number of ketones is 1. The lowest BCUT2D eigenvalue weighted by molar-refractivity contribution is -0.145. The van der Waals surface area contributed by atoms with Crippen LogP contribution in [0.1, 0.15) is 12.8 Å². The molecule has 84 valence electrons. The predicted molar refractivity (Wildman–Crippen MR) is 43.0 cm³/mol. The molecule has 0 atom stereocenters. The number of methoxy groups -OCH3 is 1. The molecule has 14 heavy (non-hydrogen) atoms. The average Bonchev–Trinajstić information content (AvgIpc) is 2.08. The van der Waals surface area contributed by atoms with Crippen molar-refractivity contribution < 1.29 is 27.4 Å². The van der Waals surface area contributed by atoms with Crippen molar-refractivity contribution in [2.45, 2.75) is 19.0 Å². The molecule has 0 amide bonds.